The highest BCUT2D eigenvalue weighted by Crippen LogP contribution is 2.23. The van der Waals surface area contributed by atoms with Crippen molar-refractivity contribution < 1.29 is 9.90 Å². The fourth-order valence-corrected chi connectivity index (χ4v) is 2.70. The summed E-state index contributed by atoms with van der Waals surface area (Å²) in [4.78, 5) is 31.2. The molecule has 0 aliphatic heterocycles. The molecular formula is C19H23N7O2. The van der Waals surface area contributed by atoms with Gasteiger partial charge in [-0.2, -0.15) is 0 Å². The van der Waals surface area contributed by atoms with Crippen molar-refractivity contribution >= 4 is 34.4 Å². The molecule has 0 aliphatic rings. The number of anilines is 3. The first-order valence-corrected chi connectivity index (χ1v) is 9.04. The number of carbonyl (C=O) groups excluding carboxylic acids is 1. The second-order valence-electron chi connectivity index (χ2n) is 6.21. The van der Waals surface area contributed by atoms with Gasteiger partial charge in [-0.15, -0.1) is 0 Å². The van der Waals surface area contributed by atoms with E-state index < -0.39 is 0 Å². The SMILES string of the molecule is CCN(CC(=O)NCCO)c1ncc2ncnc(Nc3cccc(C)c3)c2n1. The monoisotopic (exact) mass is 381 g/mol. The van der Waals surface area contributed by atoms with Crippen LogP contribution in [0.25, 0.3) is 11.0 Å². The molecule has 1 amide bonds. The molecule has 0 spiro atoms. The Labute approximate surface area is 162 Å². The number of nitrogens with zero attached hydrogens (tertiary/aromatic N) is 5. The van der Waals surface area contributed by atoms with E-state index in [2.05, 4.69) is 30.6 Å². The second-order valence-corrected chi connectivity index (χ2v) is 6.21. The summed E-state index contributed by atoms with van der Waals surface area (Å²) in [6, 6.07) is 7.95. The van der Waals surface area contributed by atoms with E-state index in [-0.39, 0.29) is 25.6 Å². The number of carbonyl (C=O) groups is 1. The van der Waals surface area contributed by atoms with Crippen LogP contribution in [0.4, 0.5) is 17.5 Å². The molecule has 0 radical (unpaired) electrons. The van der Waals surface area contributed by atoms with Crippen LogP contribution in [-0.4, -0.2) is 57.2 Å². The van der Waals surface area contributed by atoms with Crippen molar-refractivity contribution in [2.45, 2.75) is 13.8 Å². The van der Waals surface area contributed by atoms with E-state index >= 15 is 0 Å². The summed E-state index contributed by atoms with van der Waals surface area (Å²) in [6.07, 6.45) is 3.08. The predicted octanol–water partition coefficient (Wildman–Crippen LogP) is 1.41. The van der Waals surface area contributed by atoms with Gasteiger partial charge in [0, 0.05) is 18.8 Å². The smallest absolute Gasteiger partial charge is 0.239 e. The largest absolute Gasteiger partial charge is 0.395 e. The Kier molecular flexibility index (Phi) is 6.28. The highest BCUT2D eigenvalue weighted by atomic mass is 16.3. The van der Waals surface area contributed by atoms with E-state index in [0.717, 1.165) is 11.3 Å². The van der Waals surface area contributed by atoms with Crippen LogP contribution in [0.1, 0.15) is 12.5 Å². The Hall–Kier alpha value is -3.33. The normalized spacial score (nSPS) is 10.7. The lowest BCUT2D eigenvalue weighted by Gasteiger charge is -2.20. The summed E-state index contributed by atoms with van der Waals surface area (Å²) in [7, 11) is 0. The minimum absolute atomic E-state index is 0.0936. The van der Waals surface area contributed by atoms with Gasteiger partial charge >= 0.3 is 0 Å². The van der Waals surface area contributed by atoms with Crippen LogP contribution in [0.5, 0.6) is 0 Å². The van der Waals surface area contributed by atoms with Gasteiger partial charge in [0.05, 0.1) is 19.3 Å². The molecule has 3 N–H and O–H groups in total. The Balaban J connectivity index is 1.89. The van der Waals surface area contributed by atoms with Crippen molar-refractivity contribution in [3.8, 4) is 0 Å². The molecule has 0 unspecified atom stereocenters. The van der Waals surface area contributed by atoms with Crippen molar-refractivity contribution in [2.75, 3.05) is 36.5 Å². The Bertz CT molecular complexity index is 964. The molecule has 28 heavy (non-hydrogen) atoms. The summed E-state index contributed by atoms with van der Waals surface area (Å²) in [5, 5.41) is 14.7. The maximum absolute atomic E-state index is 12.0. The number of aryl methyl sites for hydroxylation is 1. The topological polar surface area (TPSA) is 116 Å². The lowest BCUT2D eigenvalue weighted by Crippen LogP contribution is -2.39. The van der Waals surface area contributed by atoms with Crippen LogP contribution in [0.2, 0.25) is 0 Å². The highest BCUT2D eigenvalue weighted by molar-refractivity contribution is 5.87. The van der Waals surface area contributed by atoms with Gasteiger partial charge in [-0.1, -0.05) is 12.1 Å². The van der Waals surface area contributed by atoms with Gasteiger partial charge < -0.3 is 20.6 Å². The van der Waals surface area contributed by atoms with Gasteiger partial charge in [-0.25, -0.2) is 19.9 Å². The molecule has 0 saturated carbocycles. The summed E-state index contributed by atoms with van der Waals surface area (Å²) < 4.78 is 0. The number of nitrogens with one attached hydrogen (secondary N) is 2. The van der Waals surface area contributed by atoms with E-state index in [0.29, 0.717) is 29.3 Å². The van der Waals surface area contributed by atoms with Crippen LogP contribution in [0, 0.1) is 6.92 Å². The zero-order valence-electron chi connectivity index (χ0n) is 15.9. The third-order valence-corrected chi connectivity index (χ3v) is 4.08. The molecule has 3 aromatic rings. The average Bonchev–Trinajstić information content (AvgIpc) is 2.70. The number of hydrogen-bond acceptors (Lipinski definition) is 8. The number of amides is 1. The van der Waals surface area contributed by atoms with E-state index in [1.165, 1.54) is 6.33 Å². The lowest BCUT2D eigenvalue weighted by molar-refractivity contribution is -0.119. The molecule has 3 rings (SSSR count). The number of fused-ring (bicyclic) bond motifs is 1. The molecule has 0 saturated heterocycles. The standard InChI is InChI=1S/C19H23N7O2/c1-3-26(11-16(28)20-7-8-27)19-21-10-15-17(25-19)18(23-12-22-15)24-14-6-4-5-13(2)9-14/h4-6,9-10,12,27H,3,7-8,11H2,1-2H3,(H,20,28)(H,22,23,24). The molecule has 0 bridgehead atoms. The van der Waals surface area contributed by atoms with E-state index in [1.807, 2.05) is 38.1 Å². The number of benzene rings is 1. The van der Waals surface area contributed by atoms with Crippen LogP contribution < -0.4 is 15.5 Å². The molecule has 0 atom stereocenters. The molecule has 2 heterocycles. The third kappa shape index (κ3) is 4.68. The van der Waals surface area contributed by atoms with Crippen molar-refractivity contribution in [1.29, 1.82) is 0 Å². The summed E-state index contributed by atoms with van der Waals surface area (Å²) in [5.41, 5.74) is 3.21. The number of hydrogen-bond donors (Lipinski definition) is 3. The predicted molar refractivity (Wildman–Crippen MR) is 108 cm³/mol. The number of aromatic nitrogens is 4. The quantitative estimate of drug-likeness (QED) is 0.536. The fraction of sp³-hybridized carbons (Fsp3) is 0.316. The maximum atomic E-state index is 12.0. The van der Waals surface area contributed by atoms with Crippen molar-refractivity contribution in [2.24, 2.45) is 0 Å². The van der Waals surface area contributed by atoms with Crippen molar-refractivity contribution in [3.63, 3.8) is 0 Å². The fourth-order valence-electron chi connectivity index (χ4n) is 2.70. The summed E-state index contributed by atoms with van der Waals surface area (Å²) >= 11 is 0. The number of likely N-dealkylation sites (N-methyl/N-ethyl adjacent to an activating group) is 1. The second kappa shape index (κ2) is 9.05. The molecule has 1 aromatic carbocycles. The van der Waals surface area contributed by atoms with Crippen LogP contribution >= 0.6 is 0 Å². The van der Waals surface area contributed by atoms with E-state index in [4.69, 9.17) is 5.11 Å². The van der Waals surface area contributed by atoms with Crippen LogP contribution in [0.15, 0.2) is 36.8 Å². The molecule has 0 fully saturated rings. The molecular weight excluding hydrogens is 358 g/mol. The molecule has 9 nitrogen and oxygen atoms in total. The van der Waals surface area contributed by atoms with Gasteiger partial charge in [-0.05, 0) is 31.5 Å². The first-order chi connectivity index (χ1) is 13.6. The summed E-state index contributed by atoms with van der Waals surface area (Å²) in [6.45, 7) is 4.69. The maximum Gasteiger partial charge on any atom is 0.239 e. The minimum atomic E-state index is -0.206. The minimum Gasteiger partial charge on any atom is -0.395 e. The first-order valence-electron chi connectivity index (χ1n) is 9.04. The van der Waals surface area contributed by atoms with Crippen molar-refractivity contribution in [3.05, 3.63) is 42.4 Å². The van der Waals surface area contributed by atoms with Crippen LogP contribution in [0.3, 0.4) is 0 Å². The van der Waals surface area contributed by atoms with Crippen molar-refractivity contribution in [1.82, 2.24) is 25.3 Å². The molecule has 9 heteroatoms. The molecule has 0 aliphatic carbocycles. The van der Waals surface area contributed by atoms with Gasteiger partial charge in [0.15, 0.2) is 5.82 Å². The van der Waals surface area contributed by atoms with E-state index in [9.17, 15) is 4.79 Å². The number of aliphatic hydroxyl groups excluding tert-OH is 1. The summed E-state index contributed by atoms with van der Waals surface area (Å²) in [5.74, 6) is 0.776. The van der Waals surface area contributed by atoms with Gasteiger partial charge in [0.2, 0.25) is 11.9 Å². The molecule has 146 valence electrons. The number of aliphatic hydroxyl groups is 1. The zero-order chi connectivity index (χ0) is 19.9. The average molecular weight is 381 g/mol. The van der Waals surface area contributed by atoms with Crippen LogP contribution in [-0.2, 0) is 4.79 Å². The zero-order valence-corrected chi connectivity index (χ0v) is 15.9. The van der Waals surface area contributed by atoms with Gasteiger partial charge in [-0.3, -0.25) is 4.79 Å². The number of rotatable bonds is 8. The highest BCUT2D eigenvalue weighted by Gasteiger charge is 2.15. The Morgan fingerprint density at radius 2 is 2.11 bits per heavy atom. The Morgan fingerprint density at radius 3 is 2.86 bits per heavy atom. The lowest BCUT2D eigenvalue weighted by atomic mass is 10.2. The third-order valence-electron chi connectivity index (χ3n) is 4.08. The van der Waals surface area contributed by atoms with Gasteiger partial charge in [0.1, 0.15) is 17.4 Å². The Morgan fingerprint density at radius 1 is 1.25 bits per heavy atom. The van der Waals surface area contributed by atoms with E-state index in [1.54, 1.807) is 11.1 Å². The first kappa shape index (κ1) is 19.4. The van der Waals surface area contributed by atoms with Gasteiger partial charge in [0.25, 0.3) is 0 Å². The molecule has 2 aromatic heterocycles.